The number of unbranched alkanes of at least 4 members (excludes halogenated alkanes) is 1. The van der Waals surface area contributed by atoms with Crippen LogP contribution < -0.4 is 10.7 Å². The van der Waals surface area contributed by atoms with Crippen molar-refractivity contribution < 1.29 is 0 Å². The lowest BCUT2D eigenvalue weighted by molar-refractivity contribution is 0.734. The summed E-state index contributed by atoms with van der Waals surface area (Å²) in [6.45, 7) is 2.85. The molecule has 0 aliphatic rings. The topological polar surface area (TPSA) is 60.3 Å². The van der Waals surface area contributed by atoms with Crippen molar-refractivity contribution in [1.82, 2.24) is 10.7 Å². The molecule has 0 bridgehead atoms. The number of hydrogen-bond donors (Lipinski definition) is 3. The van der Waals surface area contributed by atoms with Crippen molar-refractivity contribution in [2.24, 2.45) is 5.10 Å². The fourth-order valence-electron chi connectivity index (χ4n) is 1.23. The van der Waals surface area contributed by atoms with E-state index in [1.165, 1.54) is 6.21 Å². The summed E-state index contributed by atoms with van der Waals surface area (Å²) in [5.74, 6) is 0.155. The number of nitrogens with zero attached hydrogens (tertiary/aromatic N) is 1. The second-order valence-electron chi connectivity index (χ2n) is 3.66. The molecule has 0 aliphatic heterocycles. The molecule has 4 nitrogen and oxygen atoms in total. The number of halogens is 2. The minimum atomic E-state index is 0.155. The van der Waals surface area contributed by atoms with E-state index in [2.05, 4.69) is 22.8 Å². The molecule has 0 radical (unpaired) electrons. The molecule has 98 valence electrons. The van der Waals surface area contributed by atoms with Crippen LogP contribution in [-0.4, -0.2) is 18.7 Å². The molecule has 0 aliphatic carbocycles. The molecule has 0 spiro atoms. The van der Waals surface area contributed by atoms with Gasteiger partial charge in [0, 0.05) is 12.1 Å². The van der Waals surface area contributed by atoms with E-state index in [9.17, 15) is 0 Å². The number of hydrazone groups is 1. The lowest BCUT2D eigenvalue weighted by Crippen LogP contribution is -2.33. The van der Waals surface area contributed by atoms with Gasteiger partial charge in [0.2, 0.25) is 5.96 Å². The van der Waals surface area contributed by atoms with Crippen LogP contribution in [0.25, 0.3) is 0 Å². The van der Waals surface area contributed by atoms with Crippen LogP contribution in [0.3, 0.4) is 0 Å². The van der Waals surface area contributed by atoms with E-state index in [4.69, 9.17) is 28.6 Å². The van der Waals surface area contributed by atoms with Gasteiger partial charge in [0.1, 0.15) is 0 Å². The van der Waals surface area contributed by atoms with Gasteiger partial charge in [-0.2, -0.15) is 5.10 Å². The maximum Gasteiger partial charge on any atom is 0.209 e. The van der Waals surface area contributed by atoms with Crippen LogP contribution in [-0.2, 0) is 0 Å². The Hall–Kier alpha value is -1.26. The SMILES string of the molecule is CCCCNC(=N)N/N=C/c1c(Cl)cccc1Cl. The third-order valence-corrected chi connectivity index (χ3v) is 2.86. The standard InChI is InChI=1S/C12H16Cl2N4/c1-2-3-7-16-12(15)18-17-8-9-10(13)5-4-6-11(9)14/h4-6,8H,2-3,7H2,1H3,(H3,15,16,18)/b17-8+. The van der Waals surface area contributed by atoms with Gasteiger partial charge in [-0.25, -0.2) is 5.43 Å². The monoisotopic (exact) mass is 286 g/mol. The van der Waals surface area contributed by atoms with Crippen molar-refractivity contribution in [2.45, 2.75) is 19.8 Å². The zero-order valence-corrected chi connectivity index (χ0v) is 11.6. The molecular weight excluding hydrogens is 271 g/mol. The summed E-state index contributed by atoms with van der Waals surface area (Å²) in [5.41, 5.74) is 3.20. The van der Waals surface area contributed by atoms with Crippen LogP contribution in [0.4, 0.5) is 0 Å². The van der Waals surface area contributed by atoms with Crippen LogP contribution in [0.15, 0.2) is 23.3 Å². The fraction of sp³-hybridized carbons (Fsp3) is 0.333. The predicted molar refractivity (Wildman–Crippen MR) is 77.8 cm³/mol. The first-order valence-corrected chi connectivity index (χ1v) is 6.46. The smallest absolute Gasteiger partial charge is 0.209 e. The summed E-state index contributed by atoms with van der Waals surface area (Å²) < 4.78 is 0. The molecule has 0 fully saturated rings. The van der Waals surface area contributed by atoms with Crippen molar-refractivity contribution >= 4 is 35.4 Å². The first-order valence-electron chi connectivity index (χ1n) is 5.70. The number of rotatable bonds is 5. The Morgan fingerprint density at radius 1 is 1.39 bits per heavy atom. The summed E-state index contributed by atoms with van der Waals surface area (Å²) in [4.78, 5) is 0. The zero-order chi connectivity index (χ0) is 13.4. The molecule has 3 N–H and O–H groups in total. The molecule has 0 unspecified atom stereocenters. The molecule has 0 saturated heterocycles. The van der Waals surface area contributed by atoms with Crippen LogP contribution in [0.2, 0.25) is 10.0 Å². The van der Waals surface area contributed by atoms with E-state index in [-0.39, 0.29) is 5.96 Å². The second kappa shape index (κ2) is 7.95. The molecule has 0 saturated carbocycles. The van der Waals surface area contributed by atoms with E-state index in [0.717, 1.165) is 19.4 Å². The van der Waals surface area contributed by atoms with Gasteiger partial charge in [-0.05, 0) is 18.6 Å². The highest BCUT2D eigenvalue weighted by molar-refractivity contribution is 6.38. The lowest BCUT2D eigenvalue weighted by atomic mass is 10.2. The van der Waals surface area contributed by atoms with Crippen molar-refractivity contribution in [3.8, 4) is 0 Å². The van der Waals surface area contributed by atoms with E-state index < -0.39 is 0 Å². The van der Waals surface area contributed by atoms with Crippen LogP contribution in [0, 0.1) is 5.41 Å². The summed E-state index contributed by atoms with van der Waals surface area (Å²) >= 11 is 11.9. The molecule has 18 heavy (non-hydrogen) atoms. The van der Waals surface area contributed by atoms with Gasteiger partial charge in [-0.1, -0.05) is 42.6 Å². The second-order valence-corrected chi connectivity index (χ2v) is 4.48. The Morgan fingerprint density at radius 3 is 2.67 bits per heavy atom. The van der Waals surface area contributed by atoms with Crippen molar-refractivity contribution in [2.75, 3.05) is 6.54 Å². The summed E-state index contributed by atoms with van der Waals surface area (Å²) in [5, 5.41) is 15.4. The van der Waals surface area contributed by atoms with Crippen LogP contribution >= 0.6 is 23.2 Å². The highest BCUT2D eigenvalue weighted by Crippen LogP contribution is 2.21. The number of hydrogen-bond acceptors (Lipinski definition) is 2. The Balaban J connectivity index is 2.47. The quantitative estimate of drug-likeness (QED) is 0.337. The van der Waals surface area contributed by atoms with E-state index in [1.54, 1.807) is 18.2 Å². The van der Waals surface area contributed by atoms with Gasteiger partial charge in [-0.3, -0.25) is 5.41 Å². The predicted octanol–water partition coefficient (Wildman–Crippen LogP) is 3.24. The van der Waals surface area contributed by atoms with Gasteiger partial charge in [-0.15, -0.1) is 0 Å². The third-order valence-electron chi connectivity index (χ3n) is 2.20. The van der Waals surface area contributed by atoms with Gasteiger partial charge >= 0.3 is 0 Å². The van der Waals surface area contributed by atoms with E-state index in [0.29, 0.717) is 15.6 Å². The summed E-state index contributed by atoms with van der Waals surface area (Å²) in [6, 6.07) is 5.24. The largest absolute Gasteiger partial charge is 0.355 e. The molecule has 0 aromatic heterocycles. The number of guanidine groups is 1. The molecule has 0 atom stereocenters. The first kappa shape index (κ1) is 14.8. The molecule has 1 rings (SSSR count). The summed E-state index contributed by atoms with van der Waals surface area (Å²) in [7, 11) is 0. The van der Waals surface area contributed by atoms with Crippen LogP contribution in [0.1, 0.15) is 25.3 Å². The first-order chi connectivity index (χ1) is 8.65. The molecular formula is C12H16Cl2N4. The highest BCUT2D eigenvalue weighted by atomic mass is 35.5. The van der Waals surface area contributed by atoms with Crippen molar-refractivity contribution in [3.63, 3.8) is 0 Å². The minimum Gasteiger partial charge on any atom is -0.355 e. The molecule has 6 heteroatoms. The number of benzene rings is 1. The van der Waals surface area contributed by atoms with Crippen molar-refractivity contribution in [1.29, 1.82) is 5.41 Å². The average Bonchev–Trinajstić information content (AvgIpc) is 2.33. The van der Waals surface area contributed by atoms with Crippen molar-refractivity contribution in [3.05, 3.63) is 33.8 Å². The van der Waals surface area contributed by atoms with Gasteiger partial charge in [0.25, 0.3) is 0 Å². The number of nitrogens with one attached hydrogen (secondary N) is 3. The fourth-order valence-corrected chi connectivity index (χ4v) is 1.72. The minimum absolute atomic E-state index is 0.155. The van der Waals surface area contributed by atoms with Crippen LogP contribution in [0.5, 0.6) is 0 Å². The lowest BCUT2D eigenvalue weighted by Gasteiger charge is -2.05. The molecule has 1 aromatic rings. The zero-order valence-electron chi connectivity index (χ0n) is 10.1. The Bertz CT molecular complexity index is 412. The maximum absolute atomic E-state index is 7.54. The molecule has 1 aromatic carbocycles. The Kier molecular flexibility index (Phi) is 6.54. The summed E-state index contributed by atoms with van der Waals surface area (Å²) in [6.07, 6.45) is 3.60. The third kappa shape index (κ3) is 4.94. The average molecular weight is 287 g/mol. The Morgan fingerprint density at radius 2 is 2.06 bits per heavy atom. The van der Waals surface area contributed by atoms with E-state index in [1.807, 2.05) is 0 Å². The normalized spacial score (nSPS) is 10.6. The highest BCUT2D eigenvalue weighted by Gasteiger charge is 2.01. The molecule has 0 heterocycles. The van der Waals surface area contributed by atoms with Gasteiger partial charge < -0.3 is 5.32 Å². The molecule has 0 amide bonds. The van der Waals surface area contributed by atoms with Gasteiger partial charge in [0.15, 0.2) is 0 Å². The maximum atomic E-state index is 7.54. The van der Waals surface area contributed by atoms with E-state index >= 15 is 0 Å². The van der Waals surface area contributed by atoms with Gasteiger partial charge in [0.05, 0.1) is 16.3 Å². The Labute approximate surface area is 117 Å².